The fourth-order valence-corrected chi connectivity index (χ4v) is 2.44. The smallest absolute Gasteiger partial charge is 0.420 e. The van der Waals surface area contributed by atoms with E-state index in [4.69, 9.17) is 0 Å². The fourth-order valence-electron chi connectivity index (χ4n) is 1.64. The Bertz CT molecular complexity index is 329. The van der Waals surface area contributed by atoms with E-state index in [1.807, 2.05) is 0 Å². The Kier molecular flexibility index (Phi) is 5.64. The maximum Gasteiger partial charge on any atom is 0.420 e. The normalized spacial score (nSPS) is 18.7. The number of carbonyl (C=O) groups is 1. The van der Waals surface area contributed by atoms with E-state index in [1.54, 1.807) is 11.2 Å². The van der Waals surface area contributed by atoms with E-state index in [-0.39, 0.29) is 6.61 Å². The molecule has 0 aromatic heterocycles. The van der Waals surface area contributed by atoms with Gasteiger partial charge in [0.2, 0.25) is 11.2 Å². The van der Waals surface area contributed by atoms with Crippen LogP contribution in [-0.4, -0.2) is 34.3 Å². The fraction of sp³-hybridized carbons (Fsp3) is 0.727. The van der Waals surface area contributed by atoms with E-state index in [1.165, 1.54) is 5.57 Å². The summed E-state index contributed by atoms with van der Waals surface area (Å²) in [5.41, 5.74) is 1.38. The molecule has 0 saturated carbocycles. The molecule has 0 saturated heterocycles. The molecule has 1 N–H and O–H groups in total. The maximum absolute atomic E-state index is 11.8. The molecule has 1 aliphatic rings. The Balaban J connectivity index is 2.43. The summed E-state index contributed by atoms with van der Waals surface area (Å²) in [6.07, 6.45) is 2.34. The standard InChI is InChI=1S/C11H20N2O3S/c1-4-16-11(14)12-17(15)13-7-5-10(6-8-13)9(2)3/h5,9H,4,6-8H2,1-3H3,(H,12,14). The second-order valence-electron chi connectivity index (χ2n) is 4.14. The van der Waals surface area contributed by atoms with Crippen LogP contribution >= 0.6 is 0 Å². The van der Waals surface area contributed by atoms with Crippen molar-refractivity contribution in [2.75, 3.05) is 19.7 Å². The van der Waals surface area contributed by atoms with Crippen LogP contribution in [0.1, 0.15) is 27.2 Å². The van der Waals surface area contributed by atoms with Crippen LogP contribution in [-0.2, 0) is 15.9 Å². The van der Waals surface area contributed by atoms with E-state index >= 15 is 0 Å². The second kappa shape index (κ2) is 6.76. The van der Waals surface area contributed by atoms with Gasteiger partial charge in [0.25, 0.3) is 0 Å². The summed E-state index contributed by atoms with van der Waals surface area (Å²) in [6.45, 7) is 7.59. The summed E-state index contributed by atoms with van der Waals surface area (Å²) in [4.78, 5) is 11.1. The minimum atomic E-state index is -1.50. The van der Waals surface area contributed by atoms with E-state index in [9.17, 15) is 9.00 Å². The molecule has 1 unspecified atom stereocenters. The highest BCUT2D eigenvalue weighted by atomic mass is 32.2. The van der Waals surface area contributed by atoms with Gasteiger partial charge in [0.1, 0.15) is 0 Å². The summed E-state index contributed by atoms with van der Waals surface area (Å²) in [5.74, 6) is 0.531. The van der Waals surface area contributed by atoms with Crippen molar-refractivity contribution >= 4 is 17.3 Å². The average molecular weight is 260 g/mol. The van der Waals surface area contributed by atoms with Gasteiger partial charge >= 0.3 is 6.09 Å². The Labute approximate surface area is 105 Å². The molecule has 98 valence electrons. The van der Waals surface area contributed by atoms with Gasteiger partial charge in [-0.2, -0.15) is 0 Å². The van der Waals surface area contributed by atoms with E-state index in [0.29, 0.717) is 19.0 Å². The van der Waals surface area contributed by atoms with E-state index in [2.05, 4.69) is 29.4 Å². The Morgan fingerprint density at radius 1 is 1.65 bits per heavy atom. The molecule has 1 amide bonds. The van der Waals surface area contributed by atoms with Gasteiger partial charge in [0, 0.05) is 13.1 Å². The van der Waals surface area contributed by atoms with Crippen molar-refractivity contribution in [2.45, 2.75) is 27.2 Å². The molecule has 0 bridgehead atoms. The molecule has 0 spiro atoms. The first-order chi connectivity index (χ1) is 8.04. The van der Waals surface area contributed by atoms with Gasteiger partial charge in [-0.15, -0.1) is 0 Å². The summed E-state index contributed by atoms with van der Waals surface area (Å²) < 4.78 is 20.4. The average Bonchev–Trinajstić information content (AvgIpc) is 2.29. The zero-order valence-electron chi connectivity index (χ0n) is 10.6. The Morgan fingerprint density at radius 2 is 2.35 bits per heavy atom. The highest BCUT2D eigenvalue weighted by Crippen LogP contribution is 2.18. The van der Waals surface area contributed by atoms with Crippen LogP contribution in [0.15, 0.2) is 11.6 Å². The summed E-state index contributed by atoms with van der Waals surface area (Å²) in [6, 6.07) is 0. The van der Waals surface area contributed by atoms with E-state index in [0.717, 1.165) is 6.42 Å². The molecule has 0 fully saturated rings. The van der Waals surface area contributed by atoms with Crippen LogP contribution in [0.2, 0.25) is 0 Å². The Hall–Kier alpha value is -0.880. The van der Waals surface area contributed by atoms with Crippen molar-refractivity contribution in [3.8, 4) is 0 Å². The van der Waals surface area contributed by atoms with Crippen LogP contribution in [0.3, 0.4) is 0 Å². The first-order valence-electron chi connectivity index (χ1n) is 5.83. The molecule has 6 heteroatoms. The molecular formula is C11H20N2O3S. The zero-order valence-corrected chi connectivity index (χ0v) is 11.4. The second-order valence-corrected chi connectivity index (χ2v) is 5.36. The number of nitrogens with one attached hydrogen (secondary N) is 1. The maximum atomic E-state index is 11.8. The van der Waals surface area contributed by atoms with Gasteiger partial charge in [0.05, 0.1) is 6.61 Å². The first-order valence-corrected chi connectivity index (χ1v) is 6.94. The molecule has 0 aromatic carbocycles. The molecule has 0 aromatic rings. The number of hydrogen-bond donors (Lipinski definition) is 1. The number of carbonyl (C=O) groups excluding carboxylic acids is 1. The molecule has 5 nitrogen and oxygen atoms in total. The minimum absolute atomic E-state index is 0.278. The van der Waals surface area contributed by atoms with Crippen LogP contribution < -0.4 is 4.72 Å². The van der Waals surface area contributed by atoms with Crippen LogP contribution in [0.5, 0.6) is 0 Å². The molecule has 17 heavy (non-hydrogen) atoms. The lowest BCUT2D eigenvalue weighted by atomic mass is 9.98. The predicted molar refractivity (Wildman–Crippen MR) is 67.4 cm³/mol. The Morgan fingerprint density at radius 3 is 2.82 bits per heavy atom. The van der Waals surface area contributed by atoms with Crippen molar-refractivity contribution in [3.63, 3.8) is 0 Å². The lowest BCUT2D eigenvalue weighted by molar-refractivity contribution is 0.158. The van der Waals surface area contributed by atoms with Gasteiger partial charge in [-0.1, -0.05) is 25.5 Å². The molecule has 1 aliphatic heterocycles. The third-order valence-corrected chi connectivity index (χ3v) is 3.77. The predicted octanol–water partition coefficient (Wildman–Crippen LogP) is 1.60. The number of rotatable bonds is 4. The first kappa shape index (κ1) is 14.2. The summed E-state index contributed by atoms with van der Waals surface area (Å²) >= 11 is -1.50. The van der Waals surface area contributed by atoms with Crippen LogP contribution in [0.25, 0.3) is 0 Å². The van der Waals surface area contributed by atoms with Crippen molar-refractivity contribution < 1.29 is 13.7 Å². The van der Waals surface area contributed by atoms with Gasteiger partial charge < -0.3 is 4.74 Å². The number of ether oxygens (including phenoxy) is 1. The summed E-state index contributed by atoms with van der Waals surface area (Å²) in [5, 5.41) is 0. The van der Waals surface area contributed by atoms with Crippen molar-refractivity contribution in [1.29, 1.82) is 0 Å². The zero-order chi connectivity index (χ0) is 12.8. The molecule has 1 atom stereocenters. The SMILES string of the molecule is CCOC(=O)NS(=O)N1CC=C(C(C)C)CC1. The molecule has 1 rings (SSSR count). The highest BCUT2D eigenvalue weighted by molar-refractivity contribution is 7.81. The largest absolute Gasteiger partial charge is 0.449 e. The third-order valence-electron chi connectivity index (χ3n) is 2.63. The molecule has 0 aliphatic carbocycles. The lowest BCUT2D eigenvalue weighted by Gasteiger charge is -2.26. The quantitative estimate of drug-likeness (QED) is 0.781. The van der Waals surface area contributed by atoms with Gasteiger partial charge in [-0.25, -0.2) is 18.0 Å². The molecule has 1 heterocycles. The topological polar surface area (TPSA) is 58.6 Å². The van der Waals surface area contributed by atoms with Crippen LogP contribution in [0, 0.1) is 5.92 Å². The monoisotopic (exact) mass is 260 g/mol. The van der Waals surface area contributed by atoms with Crippen LogP contribution in [0.4, 0.5) is 4.79 Å². The molecule has 0 radical (unpaired) electrons. The van der Waals surface area contributed by atoms with Gasteiger partial charge in [-0.3, -0.25) is 0 Å². The highest BCUT2D eigenvalue weighted by Gasteiger charge is 2.20. The third kappa shape index (κ3) is 4.47. The van der Waals surface area contributed by atoms with Gasteiger partial charge in [-0.05, 0) is 19.3 Å². The number of amides is 1. The van der Waals surface area contributed by atoms with Crippen molar-refractivity contribution in [1.82, 2.24) is 9.03 Å². The summed E-state index contributed by atoms with van der Waals surface area (Å²) in [7, 11) is 0. The molecular weight excluding hydrogens is 240 g/mol. The number of hydrogen-bond acceptors (Lipinski definition) is 3. The van der Waals surface area contributed by atoms with E-state index < -0.39 is 17.3 Å². The van der Waals surface area contributed by atoms with Gasteiger partial charge in [0.15, 0.2) is 0 Å². The van der Waals surface area contributed by atoms with Crippen molar-refractivity contribution in [2.24, 2.45) is 5.92 Å². The minimum Gasteiger partial charge on any atom is -0.449 e. The van der Waals surface area contributed by atoms with Crippen molar-refractivity contribution in [3.05, 3.63) is 11.6 Å². The number of nitrogens with zero attached hydrogens (tertiary/aromatic N) is 1. The lowest BCUT2D eigenvalue weighted by Crippen LogP contribution is -2.41.